The van der Waals surface area contributed by atoms with Crippen molar-refractivity contribution in [2.75, 3.05) is 0 Å². The summed E-state index contributed by atoms with van der Waals surface area (Å²) in [4.78, 5) is 0. The van der Waals surface area contributed by atoms with E-state index >= 15 is 0 Å². The quantitative estimate of drug-likeness (QED) is 0.146. The highest BCUT2D eigenvalue weighted by molar-refractivity contribution is 6.33. The Labute approximate surface area is 237 Å². The van der Waals surface area contributed by atoms with Gasteiger partial charge < -0.3 is 9.13 Å². The van der Waals surface area contributed by atoms with Gasteiger partial charge in [0.05, 0.1) is 0 Å². The molecule has 202 valence electrons. The summed E-state index contributed by atoms with van der Waals surface area (Å²) in [6.45, 7) is 11.3. The van der Waals surface area contributed by atoms with Crippen LogP contribution < -0.4 is 0 Å². The number of rotatable bonds is 12. The number of hydrogen-bond donors (Lipinski definition) is 0. The number of halogens is 2. The third-order valence-electron chi connectivity index (χ3n) is 8.74. The van der Waals surface area contributed by atoms with Gasteiger partial charge in [-0.1, -0.05) is 89.4 Å². The molecule has 0 amide bonds. The predicted molar refractivity (Wildman–Crippen MR) is 169 cm³/mol. The van der Waals surface area contributed by atoms with E-state index in [2.05, 4.69) is 73.2 Å². The van der Waals surface area contributed by atoms with Gasteiger partial charge in [0.25, 0.3) is 0 Å². The average molecular weight is 550 g/mol. The first kappa shape index (κ1) is 27.4. The van der Waals surface area contributed by atoms with Gasteiger partial charge in [-0.05, 0) is 73.2 Å². The highest BCUT2D eigenvalue weighted by Gasteiger charge is 2.20. The SMILES string of the molecule is CCCCC(CC)Cn1c2ccc(Cl)cc2c2cc3c(cc21)c1cc(Cl)ccc1n3CC(CC)CCCC. The topological polar surface area (TPSA) is 9.86 Å². The first-order chi connectivity index (χ1) is 18.5. The zero-order valence-corrected chi connectivity index (χ0v) is 25.0. The normalized spacial score (nSPS) is 13.8. The lowest BCUT2D eigenvalue weighted by Gasteiger charge is -2.18. The van der Waals surface area contributed by atoms with Crippen molar-refractivity contribution in [2.24, 2.45) is 11.8 Å². The Morgan fingerprint density at radius 1 is 0.553 bits per heavy atom. The molecule has 0 aliphatic carbocycles. The van der Waals surface area contributed by atoms with E-state index in [1.54, 1.807) is 0 Å². The first-order valence-electron chi connectivity index (χ1n) is 14.8. The molecule has 2 unspecified atom stereocenters. The van der Waals surface area contributed by atoms with Crippen molar-refractivity contribution in [1.82, 2.24) is 9.13 Å². The van der Waals surface area contributed by atoms with Crippen LogP contribution in [0.4, 0.5) is 0 Å². The summed E-state index contributed by atoms with van der Waals surface area (Å²) in [7, 11) is 0. The van der Waals surface area contributed by atoms with Gasteiger partial charge in [0.15, 0.2) is 0 Å². The van der Waals surface area contributed by atoms with E-state index in [9.17, 15) is 0 Å². The molecule has 4 heteroatoms. The molecule has 0 bridgehead atoms. The van der Waals surface area contributed by atoms with Crippen molar-refractivity contribution in [3.05, 3.63) is 58.6 Å². The lowest BCUT2D eigenvalue weighted by molar-refractivity contribution is 0.400. The van der Waals surface area contributed by atoms with Gasteiger partial charge >= 0.3 is 0 Å². The van der Waals surface area contributed by atoms with Crippen LogP contribution in [0.2, 0.25) is 10.0 Å². The molecule has 0 saturated carbocycles. The summed E-state index contributed by atoms with van der Waals surface area (Å²) in [5.74, 6) is 1.33. The van der Waals surface area contributed by atoms with Gasteiger partial charge in [-0.15, -0.1) is 0 Å². The van der Waals surface area contributed by atoms with Crippen molar-refractivity contribution in [1.29, 1.82) is 0 Å². The van der Waals surface area contributed by atoms with Crippen LogP contribution >= 0.6 is 23.2 Å². The van der Waals surface area contributed by atoms with Crippen molar-refractivity contribution in [3.8, 4) is 0 Å². The van der Waals surface area contributed by atoms with E-state index in [4.69, 9.17) is 23.2 Å². The minimum absolute atomic E-state index is 0.666. The van der Waals surface area contributed by atoms with Gasteiger partial charge in [0.2, 0.25) is 0 Å². The van der Waals surface area contributed by atoms with Crippen LogP contribution in [0, 0.1) is 11.8 Å². The van der Waals surface area contributed by atoms with E-state index in [-0.39, 0.29) is 0 Å². The van der Waals surface area contributed by atoms with Crippen LogP contribution in [0.3, 0.4) is 0 Å². The van der Waals surface area contributed by atoms with Crippen molar-refractivity contribution >= 4 is 66.8 Å². The summed E-state index contributed by atoms with van der Waals surface area (Å²) >= 11 is 13.1. The van der Waals surface area contributed by atoms with Crippen LogP contribution in [-0.2, 0) is 13.1 Å². The molecule has 2 heterocycles. The standard InChI is InChI=1S/C34H42Cl2N2/c1-5-9-11-23(7-3)21-37-31-15-13-25(35)17-27(31)29-20-34-30(19-33(29)37)28-18-26(36)14-16-32(28)38(34)22-24(8-4)12-10-6-2/h13-20,23-24H,5-12,21-22H2,1-4H3. The molecule has 2 aromatic heterocycles. The summed E-state index contributed by atoms with van der Waals surface area (Å²) < 4.78 is 5.13. The van der Waals surface area contributed by atoms with Gasteiger partial charge in [-0.25, -0.2) is 0 Å². The second-order valence-corrected chi connectivity index (χ2v) is 12.1. The third-order valence-corrected chi connectivity index (χ3v) is 9.21. The molecule has 5 rings (SSSR count). The van der Waals surface area contributed by atoms with Gasteiger partial charge in [-0.3, -0.25) is 0 Å². The summed E-state index contributed by atoms with van der Waals surface area (Å²) in [6.07, 6.45) is 10.0. The maximum atomic E-state index is 6.57. The zero-order chi connectivity index (χ0) is 26.8. The number of unbranched alkanes of at least 4 members (excludes halogenated alkanes) is 2. The van der Waals surface area contributed by atoms with Gasteiger partial charge in [-0.2, -0.15) is 0 Å². The minimum Gasteiger partial charge on any atom is -0.340 e. The lowest BCUT2D eigenvalue weighted by atomic mass is 9.99. The number of aromatic nitrogens is 2. The number of nitrogens with zero attached hydrogens (tertiary/aromatic N) is 2. The number of hydrogen-bond acceptors (Lipinski definition) is 0. The molecule has 0 saturated heterocycles. The zero-order valence-electron chi connectivity index (χ0n) is 23.5. The molecule has 0 N–H and O–H groups in total. The summed E-state index contributed by atoms with van der Waals surface area (Å²) in [5.41, 5.74) is 5.19. The van der Waals surface area contributed by atoms with Crippen LogP contribution in [0.15, 0.2) is 48.5 Å². The van der Waals surface area contributed by atoms with Crippen LogP contribution in [0.25, 0.3) is 43.6 Å². The van der Waals surface area contributed by atoms with Gasteiger partial charge in [0.1, 0.15) is 0 Å². The molecule has 0 spiro atoms. The number of fused-ring (bicyclic) bond motifs is 6. The Balaban J connectivity index is 1.77. The highest BCUT2D eigenvalue weighted by atomic mass is 35.5. The Morgan fingerprint density at radius 3 is 1.32 bits per heavy atom. The fourth-order valence-corrected chi connectivity index (χ4v) is 6.72. The smallest absolute Gasteiger partial charge is 0.0499 e. The fraction of sp³-hybridized carbons (Fsp3) is 0.471. The lowest BCUT2D eigenvalue weighted by Crippen LogP contribution is -2.10. The van der Waals surface area contributed by atoms with Crippen molar-refractivity contribution in [2.45, 2.75) is 92.2 Å². The molecule has 0 aliphatic rings. The Kier molecular flexibility index (Phi) is 8.60. The van der Waals surface area contributed by atoms with Crippen molar-refractivity contribution < 1.29 is 0 Å². The molecular formula is C34H42Cl2N2. The third kappa shape index (κ3) is 5.19. The summed E-state index contributed by atoms with van der Waals surface area (Å²) in [5, 5.41) is 6.72. The minimum atomic E-state index is 0.666. The maximum absolute atomic E-state index is 6.57. The Hall–Kier alpha value is -2.16. The molecule has 2 atom stereocenters. The van der Waals surface area contributed by atoms with E-state index < -0.39 is 0 Å². The Morgan fingerprint density at radius 2 is 0.947 bits per heavy atom. The second kappa shape index (κ2) is 11.9. The molecule has 0 fully saturated rings. The molecule has 38 heavy (non-hydrogen) atoms. The van der Waals surface area contributed by atoms with Crippen molar-refractivity contribution in [3.63, 3.8) is 0 Å². The molecule has 3 aromatic carbocycles. The summed E-state index contributed by atoms with van der Waals surface area (Å²) in [6, 6.07) is 17.7. The molecule has 0 aliphatic heterocycles. The largest absolute Gasteiger partial charge is 0.340 e. The van der Waals surface area contributed by atoms with Crippen LogP contribution in [0.5, 0.6) is 0 Å². The van der Waals surface area contributed by atoms with E-state index in [0.29, 0.717) is 11.8 Å². The predicted octanol–water partition coefficient (Wildman–Crippen LogP) is 11.6. The fourth-order valence-electron chi connectivity index (χ4n) is 6.38. The average Bonchev–Trinajstić information content (AvgIpc) is 3.38. The van der Waals surface area contributed by atoms with E-state index in [1.165, 1.54) is 95.0 Å². The van der Waals surface area contributed by atoms with Gasteiger partial charge in [0, 0.05) is 66.7 Å². The Bertz CT molecular complexity index is 1440. The molecular weight excluding hydrogens is 507 g/mol. The highest BCUT2D eigenvalue weighted by Crippen LogP contribution is 2.39. The molecule has 0 radical (unpaired) electrons. The first-order valence-corrected chi connectivity index (χ1v) is 15.6. The number of benzene rings is 3. The second-order valence-electron chi connectivity index (χ2n) is 11.3. The molecule has 2 nitrogen and oxygen atoms in total. The van der Waals surface area contributed by atoms with E-state index in [0.717, 1.165) is 23.1 Å². The molecule has 5 aromatic rings. The maximum Gasteiger partial charge on any atom is 0.0499 e. The van der Waals surface area contributed by atoms with Crippen LogP contribution in [-0.4, -0.2) is 9.13 Å². The monoisotopic (exact) mass is 548 g/mol. The van der Waals surface area contributed by atoms with E-state index in [1.807, 2.05) is 12.1 Å². The van der Waals surface area contributed by atoms with Crippen LogP contribution in [0.1, 0.15) is 79.1 Å².